The molecule has 0 N–H and O–H groups in total. The predicted octanol–water partition coefficient (Wildman–Crippen LogP) is 3.56. The van der Waals surface area contributed by atoms with E-state index in [1.807, 2.05) is 0 Å². The maximum absolute atomic E-state index is 4.54. The zero-order chi connectivity index (χ0) is 9.47. The van der Waals surface area contributed by atoms with E-state index in [4.69, 9.17) is 0 Å². The standard InChI is InChI=1S/C11H14NP/c1-11(2,3)10-8-6-4-5-7-9(8)12-13-10/h4-7,13H,1-3H3. The zero-order valence-corrected chi connectivity index (χ0v) is 9.26. The maximum atomic E-state index is 4.54. The number of hydrogen-bond acceptors (Lipinski definition) is 1. The SMILES string of the molecule is CC(C)(C)c1[pH]nc2ccccc12. The van der Waals surface area contributed by atoms with Gasteiger partial charge in [0.15, 0.2) is 0 Å². The molecule has 13 heavy (non-hydrogen) atoms. The first-order valence-corrected chi connectivity index (χ1v) is 5.47. The Kier molecular flexibility index (Phi) is 1.92. The van der Waals surface area contributed by atoms with Gasteiger partial charge in [-0.2, -0.15) is 0 Å². The molecule has 0 bridgehead atoms. The zero-order valence-electron chi connectivity index (χ0n) is 8.26. The summed E-state index contributed by atoms with van der Waals surface area (Å²) < 4.78 is 4.54. The van der Waals surface area contributed by atoms with Crippen molar-refractivity contribution in [2.24, 2.45) is 0 Å². The van der Waals surface area contributed by atoms with Gasteiger partial charge in [-0.05, 0) is 19.8 Å². The molecule has 2 heteroatoms. The molecule has 2 aromatic rings. The highest BCUT2D eigenvalue weighted by Crippen LogP contribution is 2.35. The Morgan fingerprint density at radius 1 is 1.15 bits per heavy atom. The number of hydrogen-bond donors (Lipinski definition) is 0. The minimum atomic E-state index is 0.258. The van der Waals surface area contributed by atoms with Gasteiger partial charge in [0.2, 0.25) is 0 Å². The summed E-state index contributed by atoms with van der Waals surface area (Å²) in [6.45, 7) is 6.77. The first-order chi connectivity index (χ1) is 6.09. The van der Waals surface area contributed by atoms with Crippen molar-refractivity contribution in [2.75, 3.05) is 0 Å². The monoisotopic (exact) mass is 191 g/mol. The molecule has 1 heterocycles. The molecule has 0 aliphatic carbocycles. The summed E-state index contributed by atoms with van der Waals surface area (Å²) in [4.78, 5) is 0. The summed E-state index contributed by atoms with van der Waals surface area (Å²) in [6, 6.07) is 8.43. The molecule has 1 unspecified atom stereocenters. The lowest BCUT2D eigenvalue weighted by atomic mass is 9.92. The topological polar surface area (TPSA) is 12.9 Å². The summed E-state index contributed by atoms with van der Waals surface area (Å²) in [5.74, 6) is 0. The van der Waals surface area contributed by atoms with Crippen LogP contribution in [0.25, 0.3) is 10.9 Å². The largest absolute Gasteiger partial charge is 0.240 e. The van der Waals surface area contributed by atoms with Gasteiger partial charge in [0.05, 0.1) is 5.52 Å². The highest BCUT2D eigenvalue weighted by Gasteiger charge is 2.17. The van der Waals surface area contributed by atoms with E-state index in [0.717, 1.165) is 0 Å². The van der Waals surface area contributed by atoms with Crippen molar-refractivity contribution in [1.29, 1.82) is 0 Å². The maximum Gasteiger partial charge on any atom is 0.0747 e. The fourth-order valence-electron chi connectivity index (χ4n) is 1.53. The van der Waals surface area contributed by atoms with Crippen LogP contribution in [-0.2, 0) is 5.41 Å². The smallest absolute Gasteiger partial charge is 0.0747 e. The Labute approximate surface area is 80.3 Å². The average molecular weight is 191 g/mol. The molecule has 68 valence electrons. The molecule has 0 spiro atoms. The molecule has 1 nitrogen and oxygen atoms in total. The highest BCUT2D eigenvalue weighted by molar-refractivity contribution is 7.27. The van der Waals surface area contributed by atoms with Crippen molar-refractivity contribution in [1.82, 2.24) is 4.75 Å². The van der Waals surface area contributed by atoms with Crippen molar-refractivity contribution in [3.05, 3.63) is 29.6 Å². The van der Waals surface area contributed by atoms with Crippen LogP contribution in [0, 0.1) is 0 Å². The number of nitrogens with zero attached hydrogens (tertiary/aromatic N) is 1. The van der Waals surface area contributed by atoms with E-state index in [9.17, 15) is 0 Å². The molecule has 0 radical (unpaired) electrons. The molecule has 1 aromatic carbocycles. The molecule has 1 atom stereocenters. The van der Waals surface area contributed by atoms with Crippen LogP contribution in [0.4, 0.5) is 0 Å². The van der Waals surface area contributed by atoms with E-state index < -0.39 is 0 Å². The quantitative estimate of drug-likeness (QED) is 0.620. The number of fused-ring (bicyclic) bond motifs is 1. The Morgan fingerprint density at radius 3 is 2.54 bits per heavy atom. The predicted molar refractivity (Wildman–Crippen MR) is 59.9 cm³/mol. The number of benzene rings is 1. The Hall–Kier alpha value is -0.810. The summed E-state index contributed by atoms with van der Waals surface area (Å²) in [6.07, 6.45) is 0. The fraction of sp³-hybridized carbons (Fsp3) is 0.364. The van der Waals surface area contributed by atoms with Crippen LogP contribution in [0.2, 0.25) is 0 Å². The van der Waals surface area contributed by atoms with Crippen LogP contribution >= 0.6 is 8.35 Å². The Bertz CT molecular complexity index is 423. The van der Waals surface area contributed by atoms with E-state index in [1.165, 1.54) is 16.2 Å². The third-order valence-electron chi connectivity index (χ3n) is 2.21. The highest BCUT2D eigenvalue weighted by atomic mass is 31.0. The lowest BCUT2D eigenvalue weighted by Gasteiger charge is -2.16. The summed E-state index contributed by atoms with van der Waals surface area (Å²) in [5, 5.41) is 2.84. The van der Waals surface area contributed by atoms with Crippen molar-refractivity contribution in [3.8, 4) is 0 Å². The molecule has 0 aliphatic rings. The molecular formula is C11H14NP. The molecule has 1 aromatic heterocycles. The van der Waals surface area contributed by atoms with Crippen molar-refractivity contribution in [2.45, 2.75) is 26.2 Å². The number of rotatable bonds is 0. The third-order valence-corrected chi connectivity index (χ3v) is 3.81. The van der Waals surface area contributed by atoms with Gasteiger partial charge in [-0.3, -0.25) is 0 Å². The number of aromatic nitrogens is 1. The van der Waals surface area contributed by atoms with Gasteiger partial charge in [-0.15, -0.1) is 0 Å². The second-order valence-corrected chi connectivity index (χ2v) is 5.31. The van der Waals surface area contributed by atoms with E-state index in [0.29, 0.717) is 8.35 Å². The molecule has 0 saturated carbocycles. The summed E-state index contributed by atoms with van der Waals surface area (Å²) in [7, 11) is 0.631. The van der Waals surface area contributed by atoms with Gasteiger partial charge < -0.3 is 0 Å². The summed E-state index contributed by atoms with van der Waals surface area (Å²) in [5.41, 5.74) is 1.43. The second-order valence-electron chi connectivity index (χ2n) is 4.37. The van der Waals surface area contributed by atoms with E-state index >= 15 is 0 Å². The van der Waals surface area contributed by atoms with E-state index in [2.05, 4.69) is 49.8 Å². The number of para-hydroxylation sites is 1. The minimum absolute atomic E-state index is 0.258. The molecule has 0 aliphatic heterocycles. The van der Waals surface area contributed by atoms with Gasteiger partial charge in [-0.1, -0.05) is 39.0 Å². The second kappa shape index (κ2) is 2.85. The van der Waals surface area contributed by atoms with Crippen LogP contribution in [0.5, 0.6) is 0 Å². The van der Waals surface area contributed by atoms with Crippen LogP contribution in [-0.4, -0.2) is 4.75 Å². The van der Waals surface area contributed by atoms with Gasteiger partial charge in [0, 0.05) is 10.7 Å². The Balaban J connectivity index is 2.72. The molecule has 0 saturated heterocycles. The van der Waals surface area contributed by atoms with Gasteiger partial charge in [0.25, 0.3) is 0 Å². The fourth-order valence-corrected chi connectivity index (χ4v) is 2.63. The van der Waals surface area contributed by atoms with Crippen molar-refractivity contribution < 1.29 is 0 Å². The van der Waals surface area contributed by atoms with E-state index in [-0.39, 0.29) is 5.41 Å². The molecule has 0 fully saturated rings. The van der Waals surface area contributed by atoms with Crippen LogP contribution in [0.15, 0.2) is 24.3 Å². The first-order valence-electron chi connectivity index (χ1n) is 4.52. The lowest BCUT2D eigenvalue weighted by molar-refractivity contribution is 0.609. The Morgan fingerprint density at radius 2 is 1.85 bits per heavy atom. The lowest BCUT2D eigenvalue weighted by Crippen LogP contribution is -2.08. The van der Waals surface area contributed by atoms with Gasteiger partial charge >= 0.3 is 0 Å². The molecule has 2 rings (SSSR count). The van der Waals surface area contributed by atoms with Gasteiger partial charge in [0.1, 0.15) is 0 Å². The van der Waals surface area contributed by atoms with Crippen LogP contribution in [0.1, 0.15) is 26.1 Å². The summed E-state index contributed by atoms with van der Waals surface area (Å²) >= 11 is 0. The first kappa shape index (κ1) is 8.77. The third kappa shape index (κ3) is 1.49. The van der Waals surface area contributed by atoms with Crippen molar-refractivity contribution >= 4 is 19.3 Å². The van der Waals surface area contributed by atoms with Gasteiger partial charge in [-0.25, -0.2) is 4.75 Å². The van der Waals surface area contributed by atoms with Crippen LogP contribution in [0.3, 0.4) is 0 Å². The van der Waals surface area contributed by atoms with Crippen molar-refractivity contribution in [3.63, 3.8) is 0 Å². The molecule has 0 amide bonds. The average Bonchev–Trinajstić information content (AvgIpc) is 2.45. The van der Waals surface area contributed by atoms with E-state index in [1.54, 1.807) is 0 Å². The van der Waals surface area contributed by atoms with Crippen LogP contribution < -0.4 is 0 Å². The minimum Gasteiger partial charge on any atom is -0.240 e. The molecular weight excluding hydrogens is 177 g/mol. The normalized spacial score (nSPS) is 12.8.